The first-order valence-corrected chi connectivity index (χ1v) is 6.64. The molecular formula is C16H12F3NO2. The molecule has 1 atom stereocenters. The number of carbonyl (C=O) groups is 1. The molecule has 0 radical (unpaired) electrons. The summed E-state index contributed by atoms with van der Waals surface area (Å²) in [5, 5.41) is 12.1. The van der Waals surface area contributed by atoms with Crippen LogP contribution in [0.3, 0.4) is 0 Å². The Hall–Kier alpha value is -2.50. The molecule has 0 bridgehead atoms. The van der Waals surface area contributed by atoms with Crippen LogP contribution in [-0.2, 0) is 11.0 Å². The van der Waals surface area contributed by atoms with Crippen LogP contribution in [0.2, 0.25) is 0 Å². The number of halogens is 3. The molecule has 3 rings (SSSR count). The van der Waals surface area contributed by atoms with Crippen LogP contribution in [-0.4, -0.2) is 11.0 Å². The van der Waals surface area contributed by atoms with E-state index in [-0.39, 0.29) is 18.1 Å². The Morgan fingerprint density at radius 3 is 2.64 bits per heavy atom. The highest BCUT2D eigenvalue weighted by atomic mass is 19.4. The molecule has 2 aromatic carbocycles. The van der Waals surface area contributed by atoms with Crippen LogP contribution < -0.4 is 5.32 Å². The number of rotatable bonds is 1. The SMILES string of the molecule is O=C1C[C@H](c2cccc(C(F)(F)F)c2)c2ccc(O)cc2N1. The molecule has 1 aliphatic rings. The van der Waals surface area contributed by atoms with E-state index in [2.05, 4.69) is 5.32 Å². The standard InChI is InChI=1S/C16H12F3NO2/c17-16(18,19)10-3-1-2-9(6-10)13-8-15(22)20-14-7-11(21)4-5-12(13)14/h1-7,13,21H,8H2,(H,20,22)/t13-/m1/s1. The molecule has 6 heteroatoms. The number of fused-ring (bicyclic) bond motifs is 1. The molecule has 0 aromatic heterocycles. The van der Waals surface area contributed by atoms with E-state index in [1.807, 2.05) is 0 Å². The Kier molecular flexibility index (Phi) is 3.31. The van der Waals surface area contributed by atoms with Gasteiger partial charge in [-0.1, -0.05) is 24.3 Å². The van der Waals surface area contributed by atoms with Gasteiger partial charge in [0, 0.05) is 24.1 Å². The molecule has 2 N–H and O–H groups in total. The summed E-state index contributed by atoms with van der Waals surface area (Å²) in [5.74, 6) is -0.768. The first kappa shape index (κ1) is 14.4. The molecule has 0 spiro atoms. The Morgan fingerprint density at radius 1 is 1.14 bits per heavy atom. The zero-order chi connectivity index (χ0) is 15.9. The van der Waals surface area contributed by atoms with Crippen molar-refractivity contribution in [2.24, 2.45) is 0 Å². The fourth-order valence-electron chi connectivity index (χ4n) is 2.68. The molecule has 0 unspecified atom stereocenters. The molecule has 0 aliphatic carbocycles. The topological polar surface area (TPSA) is 49.3 Å². The second-order valence-corrected chi connectivity index (χ2v) is 5.20. The number of phenolic OH excluding ortho intramolecular Hbond substituents is 1. The number of phenols is 1. The maximum absolute atomic E-state index is 12.8. The van der Waals surface area contributed by atoms with E-state index in [1.54, 1.807) is 12.1 Å². The van der Waals surface area contributed by atoms with Gasteiger partial charge in [0.05, 0.1) is 5.56 Å². The highest BCUT2D eigenvalue weighted by molar-refractivity contribution is 5.95. The molecule has 22 heavy (non-hydrogen) atoms. The average Bonchev–Trinajstić information content (AvgIpc) is 2.45. The summed E-state index contributed by atoms with van der Waals surface area (Å²) in [7, 11) is 0. The summed E-state index contributed by atoms with van der Waals surface area (Å²) in [6.07, 6.45) is -4.36. The van der Waals surface area contributed by atoms with Gasteiger partial charge in [-0.15, -0.1) is 0 Å². The molecule has 1 heterocycles. The monoisotopic (exact) mass is 307 g/mol. The Morgan fingerprint density at radius 2 is 1.91 bits per heavy atom. The second-order valence-electron chi connectivity index (χ2n) is 5.20. The van der Waals surface area contributed by atoms with Crippen molar-refractivity contribution in [1.82, 2.24) is 0 Å². The second kappa shape index (κ2) is 5.05. The number of benzene rings is 2. The van der Waals surface area contributed by atoms with Crippen molar-refractivity contribution in [3.63, 3.8) is 0 Å². The van der Waals surface area contributed by atoms with Crippen molar-refractivity contribution >= 4 is 11.6 Å². The maximum Gasteiger partial charge on any atom is 0.416 e. The first-order valence-electron chi connectivity index (χ1n) is 6.64. The van der Waals surface area contributed by atoms with Gasteiger partial charge in [0.25, 0.3) is 0 Å². The molecule has 1 aliphatic heterocycles. The number of hydrogen-bond donors (Lipinski definition) is 2. The zero-order valence-electron chi connectivity index (χ0n) is 11.3. The van der Waals surface area contributed by atoms with E-state index in [1.165, 1.54) is 18.2 Å². The summed E-state index contributed by atoms with van der Waals surface area (Å²) in [5.41, 5.74) is 0.809. The highest BCUT2D eigenvalue weighted by Gasteiger charge is 2.32. The molecule has 3 nitrogen and oxygen atoms in total. The smallest absolute Gasteiger partial charge is 0.416 e. The number of nitrogens with one attached hydrogen (secondary N) is 1. The van der Waals surface area contributed by atoms with Gasteiger partial charge in [0.15, 0.2) is 0 Å². The summed E-state index contributed by atoms with van der Waals surface area (Å²) >= 11 is 0. The molecule has 0 saturated heterocycles. The van der Waals surface area contributed by atoms with Gasteiger partial charge in [-0.3, -0.25) is 4.79 Å². The Labute approximate surface area is 124 Å². The van der Waals surface area contributed by atoms with Gasteiger partial charge in [-0.2, -0.15) is 13.2 Å². The third-order valence-corrected chi connectivity index (χ3v) is 3.69. The van der Waals surface area contributed by atoms with Crippen LogP contribution in [0.1, 0.15) is 29.0 Å². The Bertz CT molecular complexity index is 740. The van der Waals surface area contributed by atoms with E-state index in [4.69, 9.17) is 0 Å². The van der Waals surface area contributed by atoms with Crippen molar-refractivity contribution in [2.45, 2.75) is 18.5 Å². The molecule has 0 saturated carbocycles. The van der Waals surface area contributed by atoms with Gasteiger partial charge in [0.2, 0.25) is 5.91 Å². The van der Waals surface area contributed by atoms with Crippen molar-refractivity contribution in [3.05, 3.63) is 59.2 Å². The van der Waals surface area contributed by atoms with Crippen molar-refractivity contribution in [1.29, 1.82) is 0 Å². The van der Waals surface area contributed by atoms with Crippen LogP contribution >= 0.6 is 0 Å². The number of hydrogen-bond acceptors (Lipinski definition) is 2. The predicted octanol–water partition coefficient (Wildman–Crippen LogP) is 3.89. The molecule has 114 valence electrons. The Balaban J connectivity index is 2.08. The van der Waals surface area contributed by atoms with E-state index >= 15 is 0 Å². The normalized spacial score (nSPS) is 17.8. The predicted molar refractivity (Wildman–Crippen MR) is 74.6 cm³/mol. The van der Waals surface area contributed by atoms with Crippen molar-refractivity contribution in [2.75, 3.05) is 5.32 Å². The average molecular weight is 307 g/mol. The summed E-state index contributed by atoms with van der Waals surface area (Å²) in [6, 6.07) is 9.46. The lowest BCUT2D eigenvalue weighted by Crippen LogP contribution is -2.23. The van der Waals surface area contributed by atoms with Gasteiger partial charge in [-0.25, -0.2) is 0 Å². The fourth-order valence-corrected chi connectivity index (χ4v) is 2.68. The van der Waals surface area contributed by atoms with E-state index in [9.17, 15) is 23.1 Å². The van der Waals surface area contributed by atoms with Gasteiger partial charge in [-0.05, 0) is 23.3 Å². The van der Waals surface area contributed by atoms with Crippen molar-refractivity contribution < 1.29 is 23.1 Å². The number of aromatic hydroxyl groups is 1. The number of anilines is 1. The van der Waals surface area contributed by atoms with E-state index < -0.39 is 17.7 Å². The molecule has 2 aromatic rings. The van der Waals surface area contributed by atoms with Crippen LogP contribution in [0, 0.1) is 0 Å². The third kappa shape index (κ3) is 2.64. The van der Waals surface area contributed by atoms with Crippen LogP contribution in [0.5, 0.6) is 5.75 Å². The zero-order valence-corrected chi connectivity index (χ0v) is 11.3. The number of alkyl halides is 3. The number of amides is 1. The van der Waals surface area contributed by atoms with E-state index in [0.29, 0.717) is 16.8 Å². The van der Waals surface area contributed by atoms with Crippen LogP contribution in [0.4, 0.5) is 18.9 Å². The van der Waals surface area contributed by atoms with Crippen molar-refractivity contribution in [3.8, 4) is 5.75 Å². The first-order chi connectivity index (χ1) is 10.3. The highest BCUT2D eigenvalue weighted by Crippen LogP contribution is 2.40. The summed E-state index contributed by atoms with van der Waals surface area (Å²) in [4.78, 5) is 11.8. The van der Waals surface area contributed by atoms with E-state index in [0.717, 1.165) is 12.1 Å². The van der Waals surface area contributed by atoms with Crippen LogP contribution in [0.15, 0.2) is 42.5 Å². The van der Waals surface area contributed by atoms with Gasteiger partial charge < -0.3 is 10.4 Å². The summed E-state index contributed by atoms with van der Waals surface area (Å²) in [6.45, 7) is 0. The van der Waals surface area contributed by atoms with Gasteiger partial charge in [0.1, 0.15) is 5.75 Å². The minimum atomic E-state index is -4.43. The molecule has 0 fully saturated rings. The quantitative estimate of drug-likeness (QED) is 0.840. The summed E-state index contributed by atoms with van der Waals surface area (Å²) < 4.78 is 38.5. The lowest BCUT2D eigenvalue weighted by atomic mass is 9.84. The largest absolute Gasteiger partial charge is 0.508 e. The fraction of sp³-hybridized carbons (Fsp3) is 0.188. The van der Waals surface area contributed by atoms with Gasteiger partial charge >= 0.3 is 6.18 Å². The lowest BCUT2D eigenvalue weighted by molar-refractivity contribution is -0.137. The number of carbonyl (C=O) groups excluding carboxylic acids is 1. The maximum atomic E-state index is 12.8. The molecule has 1 amide bonds. The lowest BCUT2D eigenvalue weighted by Gasteiger charge is -2.26. The van der Waals surface area contributed by atoms with Crippen LogP contribution in [0.25, 0.3) is 0 Å². The molecular weight excluding hydrogens is 295 g/mol. The minimum absolute atomic E-state index is 0.0104. The third-order valence-electron chi connectivity index (χ3n) is 3.69. The minimum Gasteiger partial charge on any atom is -0.508 e.